The zero-order valence-electron chi connectivity index (χ0n) is 22.7. The van der Waals surface area contributed by atoms with Gasteiger partial charge >= 0.3 is 0 Å². The number of nitrogens with zero attached hydrogens (tertiary/aromatic N) is 3. The highest BCUT2D eigenvalue weighted by Crippen LogP contribution is 2.46. The van der Waals surface area contributed by atoms with Gasteiger partial charge in [-0.05, 0) is 54.4 Å². The monoisotopic (exact) mass is 527 g/mol. The van der Waals surface area contributed by atoms with E-state index in [9.17, 15) is 14.7 Å². The summed E-state index contributed by atoms with van der Waals surface area (Å²) in [5.41, 5.74) is 3.43. The Kier molecular flexibility index (Phi) is 7.19. The molecule has 2 heterocycles. The minimum atomic E-state index is -0.849. The Morgan fingerprint density at radius 1 is 1.05 bits per heavy atom. The van der Waals surface area contributed by atoms with Crippen molar-refractivity contribution in [3.8, 4) is 11.5 Å². The molecule has 1 atom stereocenters. The summed E-state index contributed by atoms with van der Waals surface area (Å²) >= 11 is 0. The second-order valence-corrected chi connectivity index (χ2v) is 9.92. The highest BCUT2D eigenvalue weighted by molar-refractivity contribution is 6.52. The molecule has 1 fully saturated rings. The van der Waals surface area contributed by atoms with Gasteiger partial charge < -0.3 is 24.4 Å². The normalized spacial score (nSPS) is 18.1. The number of aliphatic hydroxyl groups excluding tert-OH is 1. The van der Waals surface area contributed by atoms with Gasteiger partial charge in [0, 0.05) is 32.4 Å². The van der Waals surface area contributed by atoms with Crippen molar-refractivity contribution in [2.24, 2.45) is 0 Å². The topological polar surface area (TPSA) is 82.5 Å². The molecule has 0 saturated carbocycles. The fourth-order valence-corrected chi connectivity index (χ4v) is 4.99. The van der Waals surface area contributed by atoms with E-state index in [1.165, 1.54) is 4.90 Å². The summed E-state index contributed by atoms with van der Waals surface area (Å²) in [7, 11) is 5.84. The summed E-state index contributed by atoms with van der Waals surface area (Å²) < 4.78 is 11.7. The largest absolute Gasteiger partial charge is 0.507 e. The number of rotatable bonds is 7. The number of likely N-dealkylation sites (N-methyl/N-ethyl adjacent to an activating group) is 1. The summed E-state index contributed by atoms with van der Waals surface area (Å²) in [6.45, 7) is 3.74. The Balaban J connectivity index is 1.69. The first-order valence-electron chi connectivity index (χ1n) is 13.1. The Labute approximate surface area is 228 Å². The summed E-state index contributed by atoms with van der Waals surface area (Å²) in [4.78, 5) is 32.8. The standard InChI is InChI=1S/C31H33N3O5/c1-5-17-38-25-9-7-6-8-23(25)34-28(20-10-13-22(14-11-20)32(2)3)27(30(36)31(34)37)29(35)21-12-15-26-24(19-21)33(4)16-18-39-26/h6-15,19,28,35H,5,16-18H2,1-4H3/b29-27-. The molecule has 202 valence electrons. The molecular weight excluding hydrogens is 494 g/mol. The number of ether oxygens (including phenoxy) is 2. The van der Waals surface area contributed by atoms with E-state index in [-0.39, 0.29) is 11.3 Å². The van der Waals surface area contributed by atoms with Crippen LogP contribution in [-0.2, 0) is 9.59 Å². The number of carbonyl (C=O) groups excluding carboxylic acids is 2. The third kappa shape index (κ3) is 4.78. The number of aliphatic hydroxyl groups is 1. The molecule has 1 unspecified atom stereocenters. The van der Waals surface area contributed by atoms with Crippen molar-refractivity contribution >= 4 is 34.5 Å². The van der Waals surface area contributed by atoms with Gasteiger partial charge in [-0.3, -0.25) is 14.5 Å². The number of Topliss-reactive ketones (excluding diaryl/α,β-unsaturated/α-hetero) is 1. The first-order chi connectivity index (χ1) is 18.8. The maximum atomic E-state index is 13.7. The van der Waals surface area contributed by atoms with Crippen LogP contribution in [0.2, 0.25) is 0 Å². The zero-order valence-corrected chi connectivity index (χ0v) is 22.7. The number of amides is 1. The van der Waals surface area contributed by atoms with Crippen LogP contribution in [0.5, 0.6) is 11.5 Å². The summed E-state index contributed by atoms with van der Waals surface area (Å²) in [5.74, 6) is -0.487. The van der Waals surface area contributed by atoms with Crippen molar-refractivity contribution in [2.45, 2.75) is 19.4 Å². The molecule has 0 aromatic heterocycles. The molecule has 3 aromatic carbocycles. The lowest BCUT2D eigenvalue weighted by atomic mass is 9.94. The molecule has 1 saturated heterocycles. The van der Waals surface area contributed by atoms with E-state index < -0.39 is 17.7 Å². The second kappa shape index (κ2) is 10.7. The van der Waals surface area contributed by atoms with E-state index in [0.717, 1.165) is 17.8 Å². The smallest absolute Gasteiger partial charge is 0.300 e. The lowest BCUT2D eigenvalue weighted by Crippen LogP contribution is -2.30. The number of fused-ring (bicyclic) bond motifs is 1. The SMILES string of the molecule is CCCOc1ccccc1N1C(=O)C(=O)/C(=C(\O)c2ccc3c(c2)N(C)CCO3)C1c1ccc(N(C)C)cc1. The third-order valence-electron chi connectivity index (χ3n) is 7.08. The van der Waals surface area contributed by atoms with Gasteiger partial charge in [0.25, 0.3) is 11.7 Å². The number of hydrogen-bond acceptors (Lipinski definition) is 7. The molecule has 39 heavy (non-hydrogen) atoms. The number of hydrogen-bond donors (Lipinski definition) is 1. The van der Waals surface area contributed by atoms with E-state index in [4.69, 9.17) is 9.47 Å². The number of carbonyl (C=O) groups is 2. The molecule has 5 rings (SSSR count). The maximum absolute atomic E-state index is 13.7. The van der Waals surface area contributed by atoms with Gasteiger partial charge in [-0.15, -0.1) is 0 Å². The molecule has 3 aromatic rings. The Bertz CT molecular complexity index is 1430. The molecule has 2 aliphatic rings. The van der Waals surface area contributed by atoms with Crippen LogP contribution in [0.1, 0.15) is 30.5 Å². The Morgan fingerprint density at radius 2 is 1.79 bits per heavy atom. The van der Waals surface area contributed by atoms with Crippen LogP contribution >= 0.6 is 0 Å². The van der Waals surface area contributed by atoms with Gasteiger partial charge in [0.1, 0.15) is 23.9 Å². The van der Waals surface area contributed by atoms with E-state index >= 15 is 0 Å². The second-order valence-electron chi connectivity index (χ2n) is 9.92. The van der Waals surface area contributed by atoms with Gasteiger partial charge in [0.15, 0.2) is 0 Å². The average molecular weight is 528 g/mol. The Hall–Kier alpha value is -4.46. The molecule has 8 nitrogen and oxygen atoms in total. The average Bonchev–Trinajstić information content (AvgIpc) is 3.21. The van der Waals surface area contributed by atoms with Crippen LogP contribution in [0.25, 0.3) is 5.76 Å². The van der Waals surface area contributed by atoms with Crippen LogP contribution in [0, 0.1) is 0 Å². The molecule has 0 aliphatic carbocycles. The van der Waals surface area contributed by atoms with Gasteiger partial charge in [0.05, 0.1) is 36.1 Å². The van der Waals surface area contributed by atoms with Gasteiger partial charge in [0.2, 0.25) is 0 Å². The fraction of sp³-hybridized carbons (Fsp3) is 0.290. The Morgan fingerprint density at radius 3 is 2.51 bits per heavy atom. The van der Waals surface area contributed by atoms with Crippen molar-refractivity contribution in [1.29, 1.82) is 0 Å². The minimum Gasteiger partial charge on any atom is -0.507 e. The number of para-hydroxylation sites is 2. The van der Waals surface area contributed by atoms with Crippen LogP contribution in [0.3, 0.4) is 0 Å². The summed E-state index contributed by atoms with van der Waals surface area (Å²) in [6, 6.07) is 19.3. The van der Waals surface area contributed by atoms with E-state index in [1.807, 2.05) is 68.2 Å². The lowest BCUT2D eigenvalue weighted by molar-refractivity contribution is -0.132. The van der Waals surface area contributed by atoms with Crippen molar-refractivity contribution in [3.63, 3.8) is 0 Å². The highest BCUT2D eigenvalue weighted by atomic mass is 16.5. The number of benzene rings is 3. The molecule has 0 spiro atoms. The first-order valence-corrected chi connectivity index (χ1v) is 13.1. The summed E-state index contributed by atoms with van der Waals surface area (Å²) in [5, 5.41) is 11.6. The maximum Gasteiger partial charge on any atom is 0.300 e. The van der Waals surface area contributed by atoms with Crippen LogP contribution < -0.4 is 24.2 Å². The molecule has 2 aliphatic heterocycles. The van der Waals surface area contributed by atoms with Gasteiger partial charge in [-0.25, -0.2) is 0 Å². The molecule has 1 N–H and O–H groups in total. The quantitative estimate of drug-likeness (QED) is 0.263. The highest BCUT2D eigenvalue weighted by Gasteiger charge is 2.47. The van der Waals surface area contributed by atoms with Crippen LogP contribution in [0.15, 0.2) is 72.3 Å². The predicted octanol–water partition coefficient (Wildman–Crippen LogP) is 5.00. The lowest BCUT2D eigenvalue weighted by Gasteiger charge is -2.29. The molecular formula is C31H33N3O5. The van der Waals surface area contributed by atoms with Crippen molar-refractivity contribution < 1.29 is 24.2 Å². The minimum absolute atomic E-state index is 0.0298. The molecule has 0 radical (unpaired) electrons. The van der Waals surface area contributed by atoms with Crippen molar-refractivity contribution in [1.82, 2.24) is 0 Å². The van der Waals surface area contributed by atoms with Crippen molar-refractivity contribution in [2.75, 3.05) is 55.6 Å². The predicted molar refractivity (Wildman–Crippen MR) is 153 cm³/mol. The first kappa shape index (κ1) is 26.2. The number of anilines is 3. The van der Waals surface area contributed by atoms with Crippen LogP contribution in [-0.4, -0.2) is 57.7 Å². The van der Waals surface area contributed by atoms with Crippen LogP contribution in [0.4, 0.5) is 17.1 Å². The van der Waals surface area contributed by atoms with E-state index in [2.05, 4.69) is 0 Å². The van der Waals surface area contributed by atoms with E-state index in [0.29, 0.717) is 48.1 Å². The zero-order chi connectivity index (χ0) is 27.7. The number of ketones is 1. The molecule has 8 heteroatoms. The fourth-order valence-electron chi connectivity index (χ4n) is 4.99. The summed E-state index contributed by atoms with van der Waals surface area (Å²) in [6.07, 6.45) is 0.791. The van der Waals surface area contributed by atoms with Crippen molar-refractivity contribution in [3.05, 3.63) is 83.4 Å². The van der Waals surface area contributed by atoms with Gasteiger partial charge in [-0.1, -0.05) is 31.2 Å². The molecule has 1 amide bonds. The van der Waals surface area contributed by atoms with Gasteiger partial charge in [-0.2, -0.15) is 0 Å². The molecule has 0 bridgehead atoms. The van der Waals surface area contributed by atoms with E-state index in [1.54, 1.807) is 36.4 Å². The third-order valence-corrected chi connectivity index (χ3v) is 7.08.